The number of ether oxygens (including phenoxy) is 1. The molecule has 0 radical (unpaired) electrons. The lowest BCUT2D eigenvalue weighted by molar-refractivity contribution is 0.248. The van der Waals surface area contributed by atoms with Crippen LogP contribution in [0.3, 0.4) is 0 Å². The van der Waals surface area contributed by atoms with Gasteiger partial charge < -0.3 is 9.64 Å². The lowest BCUT2D eigenvalue weighted by Gasteiger charge is -2.35. The molecule has 0 N–H and O–H groups in total. The van der Waals surface area contributed by atoms with Crippen LogP contribution in [0.1, 0.15) is 23.2 Å². The van der Waals surface area contributed by atoms with Gasteiger partial charge in [0.25, 0.3) is 0 Å². The first-order valence-corrected chi connectivity index (χ1v) is 8.78. The second-order valence-electron chi connectivity index (χ2n) is 6.56. The zero-order valence-corrected chi connectivity index (χ0v) is 14.2. The summed E-state index contributed by atoms with van der Waals surface area (Å²) in [5, 5.41) is 0. The number of aromatic nitrogens is 2. The highest BCUT2D eigenvalue weighted by atomic mass is 16.5. The lowest BCUT2D eigenvalue weighted by Crippen LogP contribution is -2.46. The molecule has 2 heterocycles. The molecule has 5 heteroatoms. The number of benzene rings is 1. The average Bonchev–Trinajstić information content (AvgIpc) is 3.11. The van der Waals surface area contributed by atoms with Gasteiger partial charge in [-0.25, -0.2) is 4.98 Å². The van der Waals surface area contributed by atoms with E-state index >= 15 is 0 Å². The van der Waals surface area contributed by atoms with E-state index in [0.717, 1.165) is 63.8 Å². The first-order chi connectivity index (χ1) is 11.8. The first-order valence-electron chi connectivity index (χ1n) is 8.78. The highest BCUT2D eigenvalue weighted by molar-refractivity contribution is 5.42. The van der Waals surface area contributed by atoms with Gasteiger partial charge in [-0.3, -0.25) is 4.90 Å². The summed E-state index contributed by atoms with van der Waals surface area (Å²) in [6.07, 6.45) is 3.26. The first kappa shape index (κ1) is 15.4. The van der Waals surface area contributed by atoms with E-state index in [4.69, 9.17) is 9.72 Å². The molecule has 0 amide bonds. The summed E-state index contributed by atoms with van der Waals surface area (Å²) in [7, 11) is 1.71. The maximum Gasteiger partial charge on any atom is 0.228 e. The number of piperazine rings is 1. The van der Waals surface area contributed by atoms with E-state index in [1.807, 2.05) is 0 Å². The lowest BCUT2D eigenvalue weighted by atomic mass is 10.2. The fourth-order valence-corrected chi connectivity index (χ4v) is 3.64. The van der Waals surface area contributed by atoms with Crippen molar-refractivity contribution >= 4 is 5.95 Å². The Labute approximate surface area is 143 Å². The fraction of sp³-hybridized carbons (Fsp3) is 0.474. The second kappa shape index (κ2) is 6.77. The highest BCUT2D eigenvalue weighted by Gasteiger charge is 2.24. The minimum atomic E-state index is 0.777. The maximum absolute atomic E-state index is 5.50. The van der Waals surface area contributed by atoms with Crippen LogP contribution in [0.15, 0.2) is 30.3 Å². The van der Waals surface area contributed by atoms with Gasteiger partial charge >= 0.3 is 0 Å². The molecule has 2 aromatic rings. The standard InChI is InChI=1S/C19H24N4O/c1-24-18-16-8-5-9-17(16)20-19(21-18)23-12-10-22(11-13-23)14-15-6-3-2-4-7-15/h2-4,6-7H,5,8-14H2,1H3. The van der Waals surface area contributed by atoms with Crippen LogP contribution in [0.2, 0.25) is 0 Å². The van der Waals surface area contributed by atoms with E-state index in [-0.39, 0.29) is 0 Å². The van der Waals surface area contributed by atoms with E-state index in [9.17, 15) is 0 Å². The van der Waals surface area contributed by atoms with Gasteiger partial charge in [0.2, 0.25) is 11.8 Å². The van der Waals surface area contributed by atoms with Crippen molar-refractivity contribution in [2.24, 2.45) is 0 Å². The van der Waals surface area contributed by atoms with E-state index in [1.165, 1.54) is 16.8 Å². The number of hydrogen-bond acceptors (Lipinski definition) is 5. The van der Waals surface area contributed by atoms with Gasteiger partial charge in [0, 0.05) is 38.3 Å². The summed E-state index contributed by atoms with van der Waals surface area (Å²) in [4.78, 5) is 14.3. The Kier molecular flexibility index (Phi) is 4.34. The van der Waals surface area contributed by atoms with E-state index in [1.54, 1.807) is 7.11 Å². The molecule has 1 aliphatic heterocycles. The van der Waals surface area contributed by atoms with Crippen molar-refractivity contribution in [3.8, 4) is 5.88 Å². The van der Waals surface area contributed by atoms with Gasteiger partial charge in [0.15, 0.2) is 0 Å². The third kappa shape index (κ3) is 3.08. The predicted octanol–water partition coefficient (Wildman–Crippen LogP) is 2.30. The molecule has 126 valence electrons. The molecule has 1 aliphatic carbocycles. The Morgan fingerprint density at radius 2 is 1.79 bits per heavy atom. The van der Waals surface area contributed by atoms with Gasteiger partial charge in [0.1, 0.15) is 0 Å². The monoisotopic (exact) mass is 324 g/mol. The zero-order valence-electron chi connectivity index (χ0n) is 14.2. The fourth-order valence-electron chi connectivity index (χ4n) is 3.64. The molecule has 1 aromatic heterocycles. The zero-order chi connectivity index (χ0) is 16.4. The third-order valence-electron chi connectivity index (χ3n) is 4.98. The molecule has 1 saturated heterocycles. The smallest absolute Gasteiger partial charge is 0.228 e. The normalized spacial score (nSPS) is 17.8. The van der Waals surface area contributed by atoms with Crippen molar-refractivity contribution in [1.29, 1.82) is 0 Å². The number of nitrogens with zero attached hydrogens (tertiary/aromatic N) is 4. The predicted molar refractivity (Wildman–Crippen MR) is 94.5 cm³/mol. The van der Waals surface area contributed by atoms with Crippen molar-refractivity contribution in [1.82, 2.24) is 14.9 Å². The minimum absolute atomic E-state index is 0.777. The Bertz CT molecular complexity index is 696. The van der Waals surface area contributed by atoms with Crippen LogP contribution in [0.5, 0.6) is 5.88 Å². The summed E-state index contributed by atoms with van der Waals surface area (Å²) < 4.78 is 5.50. The molecular weight excluding hydrogens is 300 g/mol. The van der Waals surface area contributed by atoms with Crippen molar-refractivity contribution in [3.63, 3.8) is 0 Å². The number of rotatable bonds is 4. The summed E-state index contributed by atoms with van der Waals surface area (Å²) in [5.74, 6) is 1.62. The number of aryl methyl sites for hydroxylation is 1. The van der Waals surface area contributed by atoms with Crippen LogP contribution in [0.25, 0.3) is 0 Å². The Morgan fingerprint density at radius 1 is 1.00 bits per heavy atom. The van der Waals surface area contributed by atoms with Crippen LogP contribution in [-0.2, 0) is 19.4 Å². The van der Waals surface area contributed by atoms with Crippen molar-refractivity contribution in [2.45, 2.75) is 25.8 Å². The van der Waals surface area contributed by atoms with Crippen LogP contribution in [0, 0.1) is 0 Å². The van der Waals surface area contributed by atoms with Crippen molar-refractivity contribution in [3.05, 3.63) is 47.2 Å². The quantitative estimate of drug-likeness (QED) is 0.863. The molecule has 1 aromatic carbocycles. The van der Waals surface area contributed by atoms with E-state index in [0.29, 0.717) is 0 Å². The second-order valence-corrected chi connectivity index (χ2v) is 6.56. The molecule has 0 unspecified atom stereocenters. The SMILES string of the molecule is COc1nc(N2CCN(Cc3ccccc3)CC2)nc2c1CCC2. The molecule has 0 bridgehead atoms. The number of hydrogen-bond donors (Lipinski definition) is 0. The molecule has 0 spiro atoms. The van der Waals surface area contributed by atoms with Gasteiger partial charge in [-0.15, -0.1) is 0 Å². The number of fused-ring (bicyclic) bond motifs is 1. The summed E-state index contributed by atoms with van der Waals surface area (Å²) >= 11 is 0. The number of methoxy groups -OCH3 is 1. The van der Waals surface area contributed by atoms with Gasteiger partial charge in [-0.2, -0.15) is 4.98 Å². The van der Waals surface area contributed by atoms with Gasteiger partial charge in [-0.05, 0) is 24.8 Å². The van der Waals surface area contributed by atoms with Gasteiger partial charge in [-0.1, -0.05) is 30.3 Å². The molecule has 0 atom stereocenters. The van der Waals surface area contributed by atoms with E-state index < -0.39 is 0 Å². The van der Waals surface area contributed by atoms with Crippen LogP contribution in [0.4, 0.5) is 5.95 Å². The summed E-state index contributed by atoms with van der Waals surface area (Å²) in [6.45, 7) is 5.03. The Balaban J connectivity index is 1.43. The molecule has 24 heavy (non-hydrogen) atoms. The molecule has 5 nitrogen and oxygen atoms in total. The largest absolute Gasteiger partial charge is 0.481 e. The summed E-state index contributed by atoms with van der Waals surface area (Å²) in [6, 6.07) is 10.7. The summed E-state index contributed by atoms with van der Waals surface area (Å²) in [5.41, 5.74) is 3.77. The maximum atomic E-state index is 5.50. The molecule has 4 rings (SSSR count). The molecular formula is C19H24N4O. The topological polar surface area (TPSA) is 41.5 Å². The Hall–Kier alpha value is -2.14. The van der Waals surface area contributed by atoms with Crippen LogP contribution >= 0.6 is 0 Å². The van der Waals surface area contributed by atoms with Crippen LogP contribution in [-0.4, -0.2) is 48.2 Å². The third-order valence-corrected chi connectivity index (χ3v) is 4.98. The van der Waals surface area contributed by atoms with Crippen molar-refractivity contribution in [2.75, 3.05) is 38.2 Å². The van der Waals surface area contributed by atoms with Crippen molar-refractivity contribution < 1.29 is 4.74 Å². The van der Waals surface area contributed by atoms with E-state index in [2.05, 4.69) is 45.1 Å². The molecule has 0 saturated carbocycles. The highest BCUT2D eigenvalue weighted by Crippen LogP contribution is 2.30. The average molecular weight is 324 g/mol. The molecule has 2 aliphatic rings. The van der Waals surface area contributed by atoms with Gasteiger partial charge in [0.05, 0.1) is 12.8 Å². The number of anilines is 1. The molecule has 1 fully saturated rings. The Morgan fingerprint density at radius 3 is 2.54 bits per heavy atom. The van der Waals surface area contributed by atoms with Crippen LogP contribution < -0.4 is 9.64 Å². The minimum Gasteiger partial charge on any atom is -0.481 e.